The van der Waals surface area contributed by atoms with Crippen LogP contribution in [0.4, 0.5) is 5.69 Å². The Hall–Kier alpha value is -2.49. The van der Waals surface area contributed by atoms with Crippen LogP contribution in [0.2, 0.25) is 5.02 Å². The van der Waals surface area contributed by atoms with Gasteiger partial charge in [0.2, 0.25) is 0 Å². The summed E-state index contributed by atoms with van der Waals surface area (Å²) in [5, 5.41) is 10.2. The van der Waals surface area contributed by atoms with Gasteiger partial charge in [-0.1, -0.05) is 23.7 Å². The average Bonchev–Trinajstić information content (AvgIpc) is 2.93. The predicted molar refractivity (Wildman–Crippen MR) is 90.0 cm³/mol. The fraction of sp³-hybridized carbons (Fsp3) is 0.0625. The highest BCUT2D eigenvalue weighted by Gasteiger charge is 2.17. The van der Waals surface area contributed by atoms with Crippen LogP contribution in [0.5, 0.6) is 0 Å². The van der Waals surface area contributed by atoms with Crippen LogP contribution in [0.3, 0.4) is 0 Å². The monoisotopic (exact) mass is 345 g/mol. The molecular formula is C16H12ClN3O2S. The number of nitriles is 1. The highest BCUT2D eigenvalue weighted by atomic mass is 35.5. The molecule has 0 aliphatic carbocycles. The van der Waals surface area contributed by atoms with E-state index in [2.05, 4.69) is 9.71 Å². The molecule has 0 radical (unpaired) electrons. The van der Waals surface area contributed by atoms with Crippen molar-refractivity contribution in [2.75, 3.05) is 4.72 Å². The topological polar surface area (TPSA) is 85.8 Å². The number of rotatable bonds is 3. The number of halogens is 1. The van der Waals surface area contributed by atoms with E-state index in [0.717, 1.165) is 10.9 Å². The van der Waals surface area contributed by atoms with E-state index < -0.39 is 10.0 Å². The molecule has 2 aromatic carbocycles. The normalized spacial score (nSPS) is 11.3. The molecule has 5 nitrogen and oxygen atoms in total. The molecule has 0 unspecified atom stereocenters. The van der Waals surface area contributed by atoms with Crippen molar-refractivity contribution in [2.24, 2.45) is 0 Å². The highest BCUT2D eigenvalue weighted by molar-refractivity contribution is 7.92. The van der Waals surface area contributed by atoms with Crippen LogP contribution in [-0.4, -0.2) is 13.4 Å². The molecule has 0 atom stereocenters. The highest BCUT2D eigenvalue weighted by Crippen LogP contribution is 2.32. The second-order valence-electron chi connectivity index (χ2n) is 5.06. The number of aryl methyl sites for hydroxylation is 1. The number of anilines is 1. The number of hydrogen-bond donors (Lipinski definition) is 2. The molecule has 0 bridgehead atoms. The molecule has 1 aromatic heterocycles. The Labute approximate surface area is 138 Å². The molecule has 0 aliphatic heterocycles. The lowest BCUT2D eigenvalue weighted by Gasteiger charge is -2.10. The van der Waals surface area contributed by atoms with E-state index >= 15 is 0 Å². The van der Waals surface area contributed by atoms with Gasteiger partial charge in [-0.25, -0.2) is 8.42 Å². The van der Waals surface area contributed by atoms with Crippen LogP contribution >= 0.6 is 11.6 Å². The van der Waals surface area contributed by atoms with Crippen molar-refractivity contribution < 1.29 is 8.42 Å². The van der Waals surface area contributed by atoms with E-state index in [-0.39, 0.29) is 10.5 Å². The summed E-state index contributed by atoms with van der Waals surface area (Å²) in [6.45, 7) is 1.90. The van der Waals surface area contributed by atoms with Crippen LogP contribution in [-0.2, 0) is 10.0 Å². The van der Waals surface area contributed by atoms with Gasteiger partial charge < -0.3 is 4.98 Å². The molecule has 2 N–H and O–H groups in total. The van der Waals surface area contributed by atoms with Gasteiger partial charge in [0.15, 0.2) is 0 Å². The van der Waals surface area contributed by atoms with Gasteiger partial charge in [-0.15, -0.1) is 0 Å². The van der Waals surface area contributed by atoms with Crippen LogP contribution < -0.4 is 4.72 Å². The zero-order valence-electron chi connectivity index (χ0n) is 12.1. The van der Waals surface area contributed by atoms with Gasteiger partial charge in [0.25, 0.3) is 10.0 Å². The lowest BCUT2D eigenvalue weighted by molar-refractivity contribution is 0.601. The van der Waals surface area contributed by atoms with Crippen molar-refractivity contribution in [3.63, 3.8) is 0 Å². The van der Waals surface area contributed by atoms with E-state index in [4.69, 9.17) is 16.9 Å². The molecular weight excluding hydrogens is 334 g/mol. The van der Waals surface area contributed by atoms with Crippen LogP contribution in [0, 0.1) is 18.3 Å². The Bertz CT molecular complexity index is 1050. The molecule has 0 saturated heterocycles. The first-order valence-corrected chi connectivity index (χ1v) is 8.57. The minimum atomic E-state index is -3.81. The summed E-state index contributed by atoms with van der Waals surface area (Å²) in [6, 6.07) is 11.3. The van der Waals surface area contributed by atoms with Crippen LogP contribution in [0.15, 0.2) is 47.5 Å². The Morgan fingerprint density at radius 2 is 2.04 bits per heavy atom. The van der Waals surface area contributed by atoms with E-state index in [1.54, 1.807) is 24.4 Å². The van der Waals surface area contributed by atoms with Gasteiger partial charge in [0, 0.05) is 11.6 Å². The number of fused-ring (bicyclic) bond motifs is 1. The Morgan fingerprint density at radius 3 is 2.78 bits per heavy atom. The lowest BCUT2D eigenvalue weighted by Crippen LogP contribution is -2.13. The number of nitrogens with zero attached hydrogens (tertiary/aromatic N) is 1. The SMILES string of the molecule is Cc1ccc(NS(=O)(=O)c2cccc(C#N)c2)c2[nH]cc(Cl)c12. The molecule has 7 heteroatoms. The smallest absolute Gasteiger partial charge is 0.262 e. The molecule has 116 valence electrons. The first kappa shape index (κ1) is 15.4. The largest absolute Gasteiger partial charge is 0.358 e. The maximum absolute atomic E-state index is 12.5. The summed E-state index contributed by atoms with van der Waals surface area (Å²) in [6.07, 6.45) is 1.62. The second-order valence-corrected chi connectivity index (χ2v) is 7.15. The molecule has 1 heterocycles. The van der Waals surface area contributed by atoms with Crippen molar-refractivity contribution in [1.29, 1.82) is 5.26 Å². The first-order chi connectivity index (χ1) is 10.9. The first-order valence-electron chi connectivity index (χ1n) is 6.71. The van der Waals surface area contributed by atoms with Gasteiger partial charge in [-0.3, -0.25) is 4.72 Å². The van der Waals surface area contributed by atoms with E-state index in [9.17, 15) is 8.42 Å². The summed E-state index contributed by atoms with van der Waals surface area (Å²) in [5.41, 5.74) is 2.25. The van der Waals surface area contributed by atoms with Crippen molar-refractivity contribution >= 4 is 38.2 Å². The number of hydrogen-bond acceptors (Lipinski definition) is 3. The number of aromatic nitrogens is 1. The summed E-state index contributed by atoms with van der Waals surface area (Å²) < 4.78 is 27.6. The maximum atomic E-state index is 12.5. The number of H-pyrrole nitrogens is 1. The van der Waals surface area contributed by atoms with Crippen molar-refractivity contribution in [1.82, 2.24) is 4.98 Å². The third-order valence-electron chi connectivity index (χ3n) is 3.51. The summed E-state index contributed by atoms with van der Waals surface area (Å²) in [5.74, 6) is 0. The number of aromatic amines is 1. The third kappa shape index (κ3) is 2.77. The van der Waals surface area contributed by atoms with E-state index in [1.807, 2.05) is 13.0 Å². The molecule has 3 aromatic rings. The molecule has 0 amide bonds. The van der Waals surface area contributed by atoms with Crippen LogP contribution in [0.1, 0.15) is 11.1 Å². The van der Waals surface area contributed by atoms with Gasteiger partial charge in [-0.05, 0) is 36.8 Å². The van der Waals surface area contributed by atoms with Gasteiger partial charge in [0.05, 0.1) is 32.8 Å². The number of nitrogens with one attached hydrogen (secondary N) is 2. The standard InChI is InChI=1S/C16H12ClN3O2S/c1-10-5-6-14(16-15(10)13(17)9-19-16)20-23(21,22)12-4-2-3-11(7-12)8-18/h2-7,9,19-20H,1H3. The minimum Gasteiger partial charge on any atom is -0.358 e. The summed E-state index contributed by atoms with van der Waals surface area (Å²) in [4.78, 5) is 3.01. The molecule has 0 saturated carbocycles. The fourth-order valence-corrected chi connectivity index (χ4v) is 3.81. The Kier molecular flexibility index (Phi) is 3.76. The number of sulfonamides is 1. The Balaban J connectivity index is 2.08. The van der Waals surface area contributed by atoms with Gasteiger partial charge in [0.1, 0.15) is 0 Å². The maximum Gasteiger partial charge on any atom is 0.262 e. The molecule has 0 fully saturated rings. The van der Waals surface area contributed by atoms with E-state index in [1.165, 1.54) is 18.2 Å². The Morgan fingerprint density at radius 1 is 1.26 bits per heavy atom. The minimum absolute atomic E-state index is 0.0305. The molecule has 23 heavy (non-hydrogen) atoms. The van der Waals surface area contributed by atoms with Crippen LogP contribution in [0.25, 0.3) is 10.9 Å². The predicted octanol–water partition coefficient (Wildman–Crippen LogP) is 3.80. The zero-order chi connectivity index (χ0) is 16.6. The lowest BCUT2D eigenvalue weighted by atomic mass is 10.1. The van der Waals surface area contributed by atoms with E-state index in [0.29, 0.717) is 16.2 Å². The molecule has 0 aliphatic rings. The summed E-state index contributed by atoms with van der Waals surface area (Å²) in [7, 11) is -3.81. The zero-order valence-corrected chi connectivity index (χ0v) is 13.7. The number of benzene rings is 2. The van der Waals surface area contributed by atoms with Crippen molar-refractivity contribution in [3.05, 3.63) is 58.7 Å². The molecule has 0 spiro atoms. The van der Waals surface area contributed by atoms with Gasteiger partial charge in [-0.2, -0.15) is 5.26 Å². The van der Waals surface area contributed by atoms with Crippen molar-refractivity contribution in [3.8, 4) is 6.07 Å². The van der Waals surface area contributed by atoms with Crippen molar-refractivity contribution in [2.45, 2.75) is 11.8 Å². The third-order valence-corrected chi connectivity index (χ3v) is 5.17. The summed E-state index contributed by atoms with van der Waals surface area (Å²) >= 11 is 6.13. The second kappa shape index (κ2) is 5.61. The van der Waals surface area contributed by atoms with Gasteiger partial charge >= 0.3 is 0 Å². The average molecular weight is 346 g/mol. The molecule has 3 rings (SSSR count). The fourth-order valence-electron chi connectivity index (χ4n) is 2.39. The quantitative estimate of drug-likeness (QED) is 0.757.